The average molecular weight is 237 g/mol. The maximum Gasteiger partial charge on any atom is 0.125 e. The van der Waals surface area contributed by atoms with Crippen LogP contribution in [0, 0.1) is 0 Å². The number of nitrogens with zero attached hydrogens (tertiary/aromatic N) is 2. The Labute approximate surface area is 104 Å². The van der Waals surface area contributed by atoms with E-state index >= 15 is 0 Å². The Balaban J connectivity index is 2.03. The Morgan fingerprint density at radius 1 is 1.06 bits per heavy atom. The molecule has 0 atom stereocenters. The first kappa shape index (κ1) is 10.5. The lowest BCUT2D eigenvalue weighted by molar-refractivity contribution is 0.477. The highest BCUT2D eigenvalue weighted by atomic mass is 16.3. The molecule has 0 aliphatic carbocycles. The smallest absolute Gasteiger partial charge is 0.125 e. The monoisotopic (exact) mass is 237 g/mol. The van der Waals surface area contributed by atoms with Crippen LogP contribution in [0.15, 0.2) is 54.9 Å². The number of benzene rings is 1. The van der Waals surface area contributed by atoms with E-state index in [4.69, 9.17) is 0 Å². The summed E-state index contributed by atoms with van der Waals surface area (Å²) in [7, 11) is 0. The molecule has 1 aromatic carbocycles. The Morgan fingerprint density at radius 3 is 2.72 bits per heavy atom. The van der Waals surface area contributed by atoms with Gasteiger partial charge in [-0.25, -0.2) is 0 Å². The van der Waals surface area contributed by atoms with Crippen molar-refractivity contribution in [1.82, 2.24) is 15.2 Å². The van der Waals surface area contributed by atoms with E-state index in [0.717, 1.165) is 11.3 Å². The van der Waals surface area contributed by atoms with Crippen molar-refractivity contribution in [2.24, 2.45) is 0 Å². The summed E-state index contributed by atoms with van der Waals surface area (Å²) in [6.07, 6.45) is 3.49. The van der Waals surface area contributed by atoms with Gasteiger partial charge in [0.05, 0.1) is 11.4 Å². The van der Waals surface area contributed by atoms with Gasteiger partial charge in [0.15, 0.2) is 0 Å². The summed E-state index contributed by atoms with van der Waals surface area (Å²) >= 11 is 0. The van der Waals surface area contributed by atoms with Gasteiger partial charge >= 0.3 is 0 Å². The van der Waals surface area contributed by atoms with Gasteiger partial charge in [0, 0.05) is 23.5 Å². The molecule has 4 nitrogen and oxygen atoms in total. The lowest BCUT2D eigenvalue weighted by atomic mass is 10.1. The number of pyridine rings is 1. The predicted molar refractivity (Wildman–Crippen MR) is 68.9 cm³/mol. The third-order valence-corrected chi connectivity index (χ3v) is 2.73. The fourth-order valence-corrected chi connectivity index (χ4v) is 1.82. The first-order valence-corrected chi connectivity index (χ1v) is 5.59. The first-order chi connectivity index (χ1) is 8.84. The molecule has 4 heteroatoms. The standard InChI is InChI=1S/C14H11N3O/c18-14-6-2-1-5-11(14)13-8-12(16-17-13)10-4-3-7-15-9-10/h1-9,18H,(H,16,17). The number of H-pyrrole nitrogens is 1. The molecule has 3 aromatic rings. The van der Waals surface area contributed by atoms with E-state index in [-0.39, 0.29) is 5.75 Å². The highest BCUT2D eigenvalue weighted by Crippen LogP contribution is 2.29. The second kappa shape index (κ2) is 4.33. The van der Waals surface area contributed by atoms with Crippen LogP contribution >= 0.6 is 0 Å². The van der Waals surface area contributed by atoms with Gasteiger partial charge in [0.2, 0.25) is 0 Å². The zero-order valence-corrected chi connectivity index (χ0v) is 9.54. The summed E-state index contributed by atoms with van der Waals surface area (Å²) in [4.78, 5) is 4.06. The van der Waals surface area contributed by atoms with Gasteiger partial charge in [-0.1, -0.05) is 12.1 Å². The molecule has 0 unspecified atom stereocenters. The van der Waals surface area contributed by atoms with E-state index in [1.54, 1.807) is 24.5 Å². The normalized spacial score (nSPS) is 10.4. The Hall–Kier alpha value is -2.62. The van der Waals surface area contributed by atoms with E-state index in [1.807, 2.05) is 30.3 Å². The molecule has 0 bridgehead atoms. The number of rotatable bonds is 2. The molecular formula is C14H11N3O. The van der Waals surface area contributed by atoms with Crippen LogP contribution in [-0.2, 0) is 0 Å². The second-order valence-electron chi connectivity index (χ2n) is 3.93. The summed E-state index contributed by atoms with van der Waals surface area (Å²) in [6, 6.07) is 12.9. The van der Waals surface area contributed by atoms with Gasteiger partial charge in [0.1, 0.15) is 5.75 Å². The van der Waals surface area contributed by atoms with E-state index in [1.165, 1.54) is 0 Å². The number of hydrogen-bond donors (Lipinski definition) is 2. The molecule has 0 saturated carbocycles. The number of hydrogen-bond acceptors (Lipinski definition) is 3. The zero-order valence-electron chi connectivity index (χ0n) is 9.54. The summed E-state index contributed by atoms with van der Waals surface area (Å²) in [5.41, 5.74) is 3.27. The van der Waals surface area contributed by atoms with Crippen molar-refractivity contribution in [2.45, 2.75) is 0 Å². The van der Waals surface area contributed by atoms with Crippen molar-refractivity contribution in [1.29, 1.82) is 0 Å². The minimum absolute atomic E-state index is 0.224. The largest absolute Gasteiger partial charge is 0.507 e. The van der Waals surface area contributed by atoms with Gasteiger partial charge in [0.25, 0.3) is 0 Å². The number of aromatic amines is 1. The molecule has 0 saturated heterocycles. The van der Waals surface area contributed by atoms with Crippen LogP contribution in [-0.4, -0.2) is 20.3 Å². The number of nitrogens with one attached hydrogen (secondary N) is 1. The highest BCUT2D eigenvalue weighted by molar-refractivity contribution is 5.71. The molecule has 2 aromatic heterocycles. The lowest BCUT2D eigenvalue weighted by Crippen LogP contribution is -1.78. The molecule has 0 radical (unpaired) electrons. The van der Waals surface area contributed by atoms with Crippen molar-refractivity contribution in [3.8, 4) is 28.3 Å². The number of phenols is 1. The molecule has 2 heterocycles. The highest BCUT2D eigenvalue weighted by Gasteiger charge is 2.08. The van der Waals surface area contributed by atoms with Crippen molar-refractivity contribution in [3.63, 3.8) is 0 Å². The van der Waals surface area contributed by atoms with Crippen molar-refractivity contribution in [3.05, 3.63) is 54.9 Å². The van der Waals surface area contributed by atoms with E-state index in [9.17, 15) is 5.11 Å². The topological polar surface area (TPSA) is 61.8 Å². The Kier molecular flexibility index (Phi) is 2.53. The van der Waals surface area contributed by atoms with Gasteiger partial charge in [-0.3, -0.25) is 10.1 Å². The van der Waals surface area contributed by atoms with Crippen molar-refractivity contribution >= 4 is 0 Å². The predicted octanol–water partition coefficient (Wildman–Crippen LogP) is 2.84. The summed E-state index contributed by atoms with van der Waals surface area (Å²) < 4.78 is 0. The Bertz CT molecular complexity index is 662. The van der Waals surface area contributed by atoms with E-state index in [2.05, 4.69) is 15.2 Å². The van der Waals surface area contributed by atoms with Crippen molar-refractivity contribution < 1.29 is 5.11 Å². The first-order valence-electron chi connectivity index (χ1n) is 5.59. The minimum Gasteiger partial charge on any atom is -0.507 e. The van der Waals surface area contributed by atoms with Crippen LogP contribution in [0.25, 0.3) is 22.5 Å². The Morgan fingerprint density at radius 2 is 1.94 bits per heavy atom. The van der Waals surface area contributed by atoms with Crippen LogP contribution in [0.4, 0.5) is 0 Å². The van der Waals surface area contributed by atoms with Crippen LogP contribution in [0.2, 0.25) is 0 Å². The van der Waals surface area contributed by atoms with Gasteiger partial charge in [-0.05, 0) is 30.3 Å². The van der Waals surface area contributed by atoms with Crippen LogP contribution < -0.4 is 0 Å². The third-order valence-electron chi connectivity index (χ3n) is 2.73. The van der Waals surface area contributed by atoms with Crippen LogP contribution in [0.1, 0.15) is 0 Å². The fraction of sp³-hybridized carbons (Fsp3) is 0. The molecular weight excluding hydrogens is 226 g/mol. The SMILES string of the molecule is Oc1ccccc1-c1cc(-c2cccnc2)[nH]n1. The molecule has 88 valence electrons. The van der Waals surface area contributed by atoms with Gasteiger partial charge in [-0.15, -0.1) is 0 Å². The summed E-state index contributed by atoms with van der Waals surface area (Å²) in [6.45, 7) is 0. The number of aromatic nitrogens is 3. The molecule has 0 spiro atoms. The van der Waals surface area contributed by atoms with Crippen LogP contribution in [0.3, 0.4) is 0 Å². The lowest BCUT2D eigenvalue weighted by Gasteiger charge is -1.98. The van der Waals surface area contributed by atoms with E-state index in [0.29, 0.717) is 11.3 Å². The summed E-state index contributed by atoms with van der Waals surface area (Å²) in [5.74, 6) is 0.224. The van der Waals surface area contributed by atoms with Gasteiger partial charge in [-0.2, -0.15) is 5.10 Å². The molecule has 2 N–H and O–H groups in total. The van der Waals surface area contributed by atoms with Crippen molar-refractivity contribution in [2.75, 3.05) is 0 Å². The molecule has 0 fully saturated rings. The minimum atomic E-state index is 0.224. The average Bonchev–Trinajstić information content (AvgIpc) is 2.90. The molecule has 0 amide bonds. The number of aromatic hydroxyl groups is 1. The number of para-hydroxylation sites is 1. The third kappa shape index (κ3) is 1.84. The second-order valence-corrected chi connectivity index (χ2v) is 3.93. The van der Waals surface area contributed by atoms with E-state index < -0.39 is 0 Å². The molecule has 0 aliphatic rings. The number of phenolic OH excluding ortho intramolecular Hbond substituents is 1. The quantitative estimate of drug-likeness (QED) is 0.720. The maximum atomic E-state index is 9.78. The van der Waals surface area contributed by atoms with Crippen LogP contribution in [0.5, 0.6) is 5.75 Å². The maximum absolute atomic E-state index is 9.78. The zero-order chi connectivity index (χ0) is 12.4. The molecule has 0 aliphatic heterocycles. The van der Waals surface area contributed by atoms with Gasteiger partial charge < -0.3 is 5.11 Å². The fourth-order valence-electron chi connectivity index (χ4n) is 1.82. The molecule has 18 heavy (non-hydrogen) atoms. The summed E-state index contributed by atoms with van der Waals surface area (Å²) in [5, 5.41) is 16.9. The molecule has 3 rings (SSSR count).